The lowest BCUT2D eigenvalue weighted by Gasteiger charge is -2.09. The van der Waals surface area contributed by atoms with Crippen LogP contribution in [0.1, 0.15) is 51.4 Å². The van der Waals surface area contributed by atoms with Crippen molar-refractivity contribution in [2.75, 3.05) is 6.54 Å². The number of hydrogen-bond acceptors (Lipinski definition) is 6. The first-order valence-corrected chi connectivity index (χ1v) is 6.96. The van der Waals surface area contributed by atoms with E-state index in [-0.39, 0.29) is 12.5 Å². The van der Waals surface area contributed by atoms with E-state index >= 15 is 0 Å². The maximum atomic E-state index is 11.0. The highest BCUT2D eigenvalue weighted by atomic mass is 16.2. The first-order valence-electron chi connectivity index (χ1n) is 6.96. The number of isocyanates is 3. The van der Waals surface area contributed by atoms with Gasteiger partial charge in [0, 0.05) is 6.42 Å². The van der Waals surface area contributed by atoms with Crippen LogP contribution in [0.25, 0.3) is 0 Å². The van der Waals surface area contributed by atoms with E-state index in [1.807, 2.05) is 0 Å². The second kappa shape index (κ2) is 14.2. The Morgan fingerprint density at radius 1 is 0.857 bits per heavy atom. The van der Waals surface area contributed by atoms with Gasteiger partial charge in [0.25, 0.3) is 5.91 Å². The summed E-state index contributed by atoms with van der Waals surface area (Å²) in [7, 11) is 0. The van der Waals surface area contributed by atoms with Crippen molar-refractivity contribution in [3.8, 4) is 0 Å². The molecular formula is C14H19N3O4. The number of nitrogens with zero attached hydrogens (tertiary/aromatic N) is 3. The van der Waals surface area contributed by atoms with Crippen molar-refractivity contribution in [2.45, 2.75) is 57.4 Å². The van der Waals surface area contributed by atoms with Gasteiger partial charge in [-0.1, -0.05) is 19.3 Å². The summed E-state index contributed by atoms with van der Waals surface area (Å²) in [6.45, 7) is 0.477. The molecule has 0 aliphatic rings. The van der Waals surface area contributed by atoms with E-state index in [4.69, 9.17) is 0 Å². The molecule has 0 spiro atoms. The van der Waals surface area contributed by atoms with Crippen LogP contribution < -0.4 is 0 Å². The van der Waals surface area contributed by atoms with Crippen molar-refractivity contribution in [3.05, 3.63) is 0 Å². The van der Waals surface area contributed by atoms with Crippen molar-refractivity contribution in [1.82, 2.24) is 0 Å². The molecule has 1 amide bonds. The molecule has 21 heavy (non-hydrogen) atoms. The fourth-order valence-electron chi connectivity index (χ4n) is 1.90. The molecule has 0 aromatic rings. The Labute approximate surface area is 123 Å². The molecule has 1 unspecified atom stereocenters. The van der Waals surface area contributed by atoms with Crippen molar-refractivity contribution in [1.29, 1.82) is 0 Å². The Hall–Kier alpha value is -2.19. The molecule has 0 bridgehead atoms. The molecule has 7 nitrogen and oxygen atoms in total. The third-order valence-electron chi connectivity index (χ3n) is 2.96. The number of rotatable bonds is 12. The van der Waals surface area contributed by atoms with Gasteiger partial charge >= 0.3 is 0 Å². The zero-order valence-electron chi connectivity index (χ0n) is 11.9. The largest absolute Gasteiger partial charge is 0.272 e. The summed E-state index contributed by atoms with van der Waals surface area (Å²) >= 11 is 0. The maximum Gasteiger partial charge on any atom is 0.256 e. The lowest BCUT2D eigenvalue weighted by Crippen LogP contribution is -2.05. The Kier molecular flexibility index (Phi) is 12.7. The molecule has 0 radical (unpaired) electrons. The second-order valence-corrected chi connectivity index (χ2v) is 4.54. The summed E-state index contributed by atoms with van der Waals surface area (Å²) < 4.78 is 0. The van der Waals surface area contributed by atoms with Crippen LogP contribution in [-0.4, -0.2) is 36.7 Å². The van der Waals surface area contributed by atoms with Crippen LogP contribution >= 0.6 is 0 Å². The molecule has 0 heterocycles. The van der Waals surface area contributed by atoms with Crippen LogP contribution in [0.2, 0.25) is 0 Å². The van der Waals surface area contributed by atoms with Gasteiger partial charge in [-0.3, -0.25) is 4.79 Å². The molecule has 0 fully saturated rings. The average molecular weight is 293 g/mol. The summed E-state index contributed by atoms with van der Waals surface area (Å²) in [6.07, 6.45) is 9.86. The molecule has 1 atom stereocenters. The van der Waals surface area contributed by atoms with E-state index in [9.17, 15) is 19.2 Å². The Morgan fingerprint density at radius 2 is 1.57 bits per heavy atom. The highest BCUT2D eigenvalue weighted by Gasteiger charge is 2.07. The molecule has 0 rings (SSSR count). The number of hydrogen-bond donors (Lipinski definition) is 0. The van der Waals surface area contributed by atoms with E-state index in [0.717, 1.165) is 32.1 Å². The van der Waals surface area contributed by atoms with Gasteiger partial charge < -0.3 is 0 Å². The monoisotopic (exact) mass is 293 g/mol. The van der Waals surface area contributed by atoms with Crippen LogP contribution in [0.5, 0.6) is 0 Å². The topological polar surface area (TPSA) is 105 Å². The minimum Gasteiger partial charge on any atom is -0.272 e. The van der Waals surface area contributed by atoms with Crippen LogP contribution in [0, 0.1) is 0 Å². The number of carbonyl (C=O) groups is 1. The van der Waals surface area contributed by atoms with Crippen molar-refractivity contribution < 1.29 is 19.2 Å². The number of aliphatic imine (C=N–C) groups is 3. The minimum atomic E-state index is -0.476. The molecule has 114 valence electrons. The summed E-state index contributed by atoms with van der Waals surface area (Å²) in [5, 5.41) is 0. The average Bonchev–Trinajstić information content (AvgIpc) is 2.47. The Morgan fingerprint density at radius 3 is 2.19 bits per heavy atom. The molecular weight excluding hydrogens is 274 g/mol. The van der Waals surface area contributed by atoms with Gasteiger partial charge in [-0.15, -0.1) is 4.99 Å². The molecule has 0 saturated carbocycles. The van der Waals surface area contributed by atoms with Crippen molar-refractivity contribution in [2.24, 2.45) is 15.0 Å². The lowest BCUT2D eigenvalue weighted by atomic mass is 10.0. The molecule has 0 aliphatic carbocycles. The molecule has 0 aromatic heterocycles. The standard InChI is InChI=1S/C14H19N3O4/c18-10-15-9-5-1-2-6-13(16-11-19)7-3-4-8-14(21)17-12-20/h13H,1-9H2. The first-order chi connectivity index (χ1) is 10.2. The van der Waals surface area contributed by atoms with Gasteiger partial charge in [0.15, 0.2) is 0 Å². The second-order valence-electron chi connectivity index (χ2n) is 4.54. The van der Waals surface area contributed by atoms with E-state index in [2.05, 4.69) is 15.0 Å². The molecule has 7 heteroatoms. The van der Waals surface area contributed by atoms with Crippen LogP contribution in [0.4, 0.5) is 0 Å². The van der Waals surface area contributed by atoms with Crippen LogP contribution in [-0.2, 0) is 19.2 Å². The normalized spacial score (nSPS) is 10.7. The summed E-state index contributed by atoms with van der Waals surface area (Å²) in [4.78, 5) is 51.2. The molecule has 0 aliphatic heterocycles. The quantitative estimate of drug-likeness (QED) is 0.311. The lowest BCUT2D eigenvalue weighted by molar-refractivity contribution is -0.117. The van der Waals surface area contributed by atoms with E-state index < -0.39 is 5.91 Å². The fourth-order valence-corrected chi connectivity index (χ4v) is 1.90. The van der Waals surface area contributed by atoms with Crippen molar-refractivity contribution >= 4 is 24.1 Å². The summed E-state index contributed by atoms with van der Waals surface area (Å²) in [5.41, 5.74) is 0. The van der Waals surface area contributed by atoms with E-state index in [1.54, 1.807) is 6.08 Å². The smallest absolute Gasteiger partial charge is 0.256 e. The predicted octanol–water partition coefficient (Wildman–Crippen LogP) is 2.01. The van der Waals surface area contributed by atoms with E-state index in [1.165, 1.54) is 12.2 Å². The number of amides is 1. The van der Waals surface area contributed by atoms with E-state index in [0.29, 0.717) is 19.4 Å². The Balaban J connectivity index is 3.81. The maximum absolute atomic E-state index is 11.0. The van der Waals surface area contributed by atoms with Crippen molar-refractivity contribution in [3.63, 3.8) is 0 Å². The van der Waals surface area contributed by atoms with Gasteiger partial charge in [-0.25, -0.2) is 24.4 Å². The van der Waals surface area contributed by atoms with Gasteiger partial charge in [0.1, 0.15) is 0 Å². The van der Waals surface area contributed by atoms with Crippen LogP contribution in [0.15, 0.2) is 15.0 Å². The molecule has 0 saturated heterocycles. The summed E-state index contributed by atoms with van der Waals surface area (Å²) in [6, 6.07) is -0.0956. The predicted molar refractivity (Wildman–Crippen MR) is 75.0 cm³/mol. The Bertz CT molecular complexity index is 445. The third-order valence-corrected chi connectivity index (χ3v) is 2.96. The minimum absolute atomic E-state index is 0.0956. The molecule has 0 aromatic carbocycles. The molecule has 0 N–H and O–H groups in total. The van der Waals surface area contributed by atoms with Gasteiger partial charge in [-0.05, 0) is 25.7 Å². The zero-order valence-corrected chi connectivity index (χ0v) is 11.9. The van der Waals surface area contributed by atoms with Gasteiger partial charge in [-0.2, -0.15) is 0 Å². The highest BCUT2D eigenvalue weighted by molar-refractivity contribution is 5.81. The summed E-state index contributed by atoms with van der Waals surface area (Å²) in [5.74, 6) is -0.476. The SMILES string of the molecule is O=C=NCCCCCC(CCCCC(=O)N=C=O)N=C=O. The fraction of sp³-hybridized carbons (Fsp3) is 0.714. The van der Waals surface area contributed by atoms with Gasteiger partial charge in [0.05, 0.1) is 12.6 Å². The first kappa shape index (κ1) is 18.8. The zero-order chi connectivity index (χ0) is 15.8. The third kappa shape index (κ3) is 12.6. The highest BCUT2D eigenvalue weighted by Crippen LogP contribution is 2.14. The number of carbonyl (C=O) groups excluding carboxylic acids is 4. The van der Waals surface area contributed by atoms with Gasteiger partial charge in [0.2, 0.25) is 18.2 Å². The number of unbranched alkanes of at least 4 members (excludes halogenated alkanes) is 3. The van der Waals surface area contributed by atoms with Crippen LogP contribution in [0.3, 0.4) is 0 Å².